The van der Waals surface area contributed by atoms with E-state index in [0.717, 1.165) is 23.3 Å². The van der Waals surface area contributed by atoms with Crippen molar-refractivity contribution in [3.63, 3.8) is 0 Å². The summed E-state index contributed by atoms with van der Waals surface area (Å²) in [5.41, 5.74) is 2.48. The van der Waals surface area contributed by atoms with Crippen molar-refractivity contribution >= 4 is 17.4 Å². The van der Waals surface area contributed by atoms with Crippen LogP contribution in [0.1, 0.15) is 43.0 Å². The summed E-state index contributed by atoms with van der Waals surface area (Å²) in [4.78, 5) is 23.8. The van der Waals surface area contributed by atoms with E-state index in [1.165, 1.54) is 30.5 Å². The standard InChI is InChI=1S/C24H18F3N3O3/c25-24(26,27)19-9-5-15(6-10-19)12-18-2-1-11-30-21(18)20(14-29-30)22(31)28-13-16-3-7-17(8-4-16)23(32)33/h1-11,14H,12-13H2,(H,28,31)(H,32,33). The Labute approximate surface area is 186 Å². The Hall–Kier alpha value is -4.14. The van der Waals surface area contributed by atoms with Gasteiger partial charge in [0.1, 0.15) is 0 Å². The quantitative estimate of drug-likeness (QED) is 0.448. The molecule has 4 aromatic rings. The zero-order valence-electron chi connectivity index (χ0n) is 17.1. The average molecular weight is 453 g/mol. The van der Waals surface area contributed by atoms with E-state index in [1.807, 2.05) is 0 Å². The van der Waals surface area contributed by atoms with Gasteiger partial charge in [-0.2, -0.15) is 18.3 Å². The molecule has 2 heterocycles. The molecule has 0 aliphatic carbocycles. The summed E-state index contributed by atoms with van der Waals surface area (Å²) < 4.78 is 40.0. The van der Waals surface area contributed by atoms with Gasteiger partial charge in [0.05, 0.1) is 28.4 Å². The molecule has 2 aromatic heterocycles. The molecule has 0 spiro atoms. The smallest absolute Gasteiger partial charge is 0.416 e. The van der Waals surface area contributed by atoms with Gasteiger partial charge in [0.15, 0.2) is 0 Å². The van der Waals surface area contributed by atoms with E-state index >= 15 is 0 Å². The molecule has 1 amide bonds. The Kier molecular flexibility index (Phi) is 5.87. The summed E-state index contributed by atoms with van der Waals surface area (Å²) >= 11 is 0. The van der Waals surface area contributed by atoms with Gasteiger partial charge in [0.25, 0.3) is 5.91 Å². The molecule has 0 saturated heterocycles. The molecule has 0 aliphatic heterocycles. The molecule has 0 bridgehead atoms. The molecule has 33 heavy (non-hydrogen) atoms. The van der Waals surface area contributed by atoms with Crippen molar-refractivity contribution in [3.8, 4) is 0 Å². The van der Waals surface area contributed by atoms with Crippen LogP contribution in [0.3, 0.4) is 0 Å². The van der Waals surface area contributed by atoms with Crippen molar-refractivity contribution < 1.29 is 27.9 Å². The van der Waals surface area contributed by atoms with Crippen LogP contribution in [-0.4, -0.2) is 26.6 Å². The van der Waals surface area contributed by atoms with Crippen molar-refractivity contribution in [1.29, 1.82) is 0 Å². The number of pyridine rings is 1. The second-order valence-electron chi connectivity index (χ2n) is 7.44. The van der Waals surface area contributed by atoms with E-state index < -0.39 is 17.7 Å². The second kappa shape index (κ2) is 8.78. The van der Waals surface area contributed by atoms with Crippen LogP contribution in [0.25, 0.3) is 5.52 Å². The van der Waals surface area contributed by atoms with Crippen LogP contribution in [0.4, 0.5) is 13.2 Å². The molecule has 0 aliphatic rings. The molecule has 6 nitrogen and oxygen atoms in total. The lowest BCUT2D eigenvalue weighted by Crippen LogP contribution is -2.23. The molecule has 0 radical (unpaired) electrons. The first kappa shape index (κ1) is 22.1. The largest absolute Gasteiger partial charge is 0.478 e. The number of aromatic nitrogens is 2. The van der Waals surface area contributed by atoms with Crippen molar-refractivity contribution in [2.45, 2.75) is 19.1 Å². The molecule has 0 unspecified atom stereocenters. The van der Waals surface area contributed by atoms with Crippen LogP contribution in [0, 0.1) is 0 Å². The van der Waals surface area contributed by atoms with Crippen molar-refractivity contribution in [3.05, 3.63) is 106 Å². The van der Waals surface area contributed by atoms with E-state index in [2.05, 4.69) is 10.4 Å². The average Bonchev–Trinajstić information content (AvgIpc) is 3.23. The van der Waals surface area contributed by atoms with Crippen LogP contribution in [0.15, 0.2) is 73.1 Å². The van der Waals surface area contributed by atoms with Gasteiger partial charge in [-0.25, -0.2) is 9.31 Å². The van der Waals surface area contributed by atoms with E-state index in [-0.39, 0.29) is 18.0 Å². The van der Waals surface area contributed by atoms with Crippen molar-refractivity contribution in [1.82, 2.24) is 14.9 Å². The molecule has 9 heteroatoms. The predicted octanol–water partition coefficient (Wildman–Crippen LogP) is 4.57. The number of halogens is 3. The molecule has 0 atom stereocenters. The minimum absolute atomic E-state index is 0.153. The zero-order valence-corrected chi connectivity index (χ0v) is 17.1. The Morgan fingerprint density at radius 2 is 1.64 bits per heavy atom. The number of fused-ring (bicyclic) bond motifs is 1. The Morgan fingerprint density at radius 3 is 2.27 bits per heavy atom. The number of carboxylic acid groups (broad SMARTS) is 1. The Bertz CT molecular complexity index is 1310. The van der Waals surface area contributed by atoms with Crippen molar-refractivity contribution in [2.24, 2.45) is 0 Å². The molecule has 0 saturated carbocycles. The van der Waals surface area contributed by atoms with Crippen LogP contribution >= 0.6 is 0 Å². The fourth-order valence-corrected chi connectivity index (χ4v) is 3.50. The molecular formula is C24H18F3N3O3. The lowest BCUT2D eigenvalue weighted by atomic mass is 10.0. The molecule has 2 aromatic carbocycles. The first-order chi connectivity index (χ1) is 15.7. The van der Waals surface area contributed by atoms with E-state index in [4.69, 9.17) is 5.11 Å². The van der Waals surface area contributed by atoms with E-state index in [0.29, 0.717) is 23.1 Å². The number of nitrogens with one attached hydrogen (secondary N) is 1. The number of carbonyl (C=O) groups is 2. The van der Waals surface area contributed by atoms with E-state index in [9.17, 15) is 22.8 Å². The number of nitrogens with zero attached hydrogens (tertiary/aromatic N) is 2. The molecule has 168 valence electrons. The van der Waals surface area contributed by atoms with Gasteiger partial charge >= 0.3 is 12.1 Å². The monoisotopic (exact) mass is 453 g/mol. The number of hydrogen-bond acceptors (Lipinski definition) is 3. The van der Waals surface area contributed by atoms with E-state index in [1.54, 1.807) is 35.0 Å². The summed E-state index contributed by atoms with van der Waals surface area (Å²) in [6.07, 6.45) is -0.949. The SMILES string of the molecule is O=C(O)c1ccc(CNC(=O)c2cnn3cccc(Cc4ccc(C(F)(F)F)cc4)c23)cc1. The summed E-state index contributed by atoms with van der Waals surface area (Å²) in [5, 5.41) is 16.0. The number of carboxylic acids is 1. The third kappa shape index (κ3) is 4.87. The number of amides is 1. The maximum absolute atomic E-state index is 12.8. The zero-order chi connectivity index (χ0) is 23.6. The maximum atomic E-state index is 12.8. The fraction of sp³-hybridized carbons (Fsp3) is 0.125. The van der Waals surface area contributed by atoms with Gasteiger partial charge in [-0.05, 0) is 53.4 Å². The predicted molar refractivity (Wildman–Crippen MR) is 114 cm³/mol. The highest BCUT2D eigenvalue weighted by molar-refractivity contribution is 6.01. The topological polar surface area (TPSA) is 83.7 Å². The van der Waals surface area contributed by atoms with Gasteiger partial charge in [0, 0.05) is 12.7 Å². The van der Waals surface area contributed by atoms with Gasteiger partial charge < -0.3 is 10.4 Å². The number of rotatable bonds is 6. The summed E-state index contributed by atoms with van der Waals surface area (Å²) in [5.74, 6) is -1.40. The highest BCUT2D eigenvalue weighted by Gasteiger charge is 2.30. The van der Waals surface area contributed by atoms with Crippen LogP contribution in [0.2, 0.25) is 0 Å². The minimum atomic E-state index is -4.40. The molecule has 0 fully saturated rings. The normalized spacial score (nSPS) is 11.5. The second-order valence-corrected chi connectivity index (χ2v) is 7.44. The van der Waals surface area contributed by atoms with Crippen LogP contribution in [-0.2, 0) is 19.1 Å². The summed E-state index contributed by atoms with van der Waals surface area (Å²) in [7, 11) is 0. The van der Waals surface area contributed by atoms with Gasteiger partial charge in [-0.1, -0.05) is 30.3 Å². The third-order valence-corrected chi connectivity index (χ3v) is 5.20. The highest BCUT2D eigenvalue weighted by Crippen LogP contribution is 2.29. The van der Waals surface area contributed by atoms with Gasteiger partial charge in [-0.3, -0.25) is 4.79 Å². The lowest BCUT2D eigenvalue weighted by molar-refractivity contribution is -0.137. The molecule has 4 rings (SSSR count). The minimum Gasteiger partial charge on any atom is -0.478 e. The summed E-state index contributed by atoms with van der Waals surface area (Å²) in [6, 6.07) is 14.6. The number of benzene rings is 2. The number of hydrogen-bond donors (Lipinski definition) is 2. The van der Waals surface area contributed by atoms with Crippen LogP contribution < -0.4 is 5.32 Å². The highest BCUT2D eigenvalue weighted by atomic mass is 19.4. The van der Waals surface area contributed by atoms with Gasteiger partial charge in [0.2, 0.25) is 0 Å². The van der Waals surface area contributed by atoms with Crippen LogP contribution in [0.5, 0.6) is 0 Å². The third-order valence-electron chi connectivity index (χ3n) is 5.20. The van der Waals surface area contributed by atoms with Gasteiger partial charge in [-0.15, -0.1) is 0 Å². The lowest BCUT2D eigenvalue weighted by Gasteiger charge is -2.10. The first-order valence-electron chi connectivity index (χ1n) is 9.94. The van der Waals surface area contributed by atoms with Crippen molar-refractivity contribution in [2.75, 3.05) is 0 Å². The Balaban J connectivity index is 1.54. The molecular weight excluding hydrogens is 435 g/mol. The number of aromatic carboxylic acids is 1. The number of alkyl halides is 3. The summed E-state index contributed by atoms with van der Waals surface area (Å²) in [6.45, 7) is 0.192. The first-order valence-corrected chi connectivity index (χ1v) is 9.94. The molecule has 2 N–H and O–H groups in total. The Morgan fingerprint density at radius 1 is 0.970 bits per heavy atom. The fourth-order valence-electron chi connectivity index (χ4n) is 3.50. The number of carbonyl (C=O) groups excluding carboxylic acids is 1. The maximum Gasteiger partial charge on any atom is 0.416 e.